The summed E-state index contributed by atoms with van der Waals surface area (Å²) >= 11 is 0. The zero-order valence-electron chi connectivity index (χ0n) is 12.4. The van der Waals surface area contributed by atoms with E-state index in [0.29, 0.717) is 17.0 Å². The van der Waals surface area contributed by atoms with Crippen molar-refractivity contribution in [2.24, 2.45) is 5.92 Å². The summed E-state index contributed by atoms with van der Waals surface area (Å²) in [6.07, 6.45) is 2.19. The number of oxazole rings is 1. The van der Waals surface area contributed by atoms with E-state index in [0.717, 1.165) is 25.9 Å². The lowest BCUT2D eigenvalue weighted by molar-refractivity contribution is -0.136. The predicted octanol–water partition coefficient (Wildman–Crippen LogP) is 2.41. The lowest BCUT2D eigenvalue weighted by atomic mass is 10.00. The third-order valence-electron chi connectivity index (χ3n) is 4.23. The molecule has 0 aliphatic carbocycles. The third kappa shape index (κ3) is 2.48. The number of hydrogen-bond acceptors (Lipinski definition) is 3. The normalized spacial score (nSPS) is 20.7. The number of carbonyl (C=O) groups excluding carboxylic acids is 1. The molecule has 112 valence electrons. The molecule has 0 saturated carbocycles. The molecule has 1 amide bonds. The summed E-state index contributed by atoms with van der Waals surface area (Å²) in [5, 5.41) is 0. The molecule has 0 bridgehead atoms. The van der Waals surface area contributed by atoms with Gasteiger partial charge in [0, 0.05) is 13.1 Å². The van der Waals surface area contributed by atoms with E-state index < -0.39 is 11.8 Å². The van der Waals surface area contributed by atoms with Gasteiger partial charge in [0.1, 0.15) is 6.04 Å². The van der Waals surface area contributed by atoms with Crippen molar-refractivity contribution < 1.29 is 9.21 Å². The van der Waals surface area contributed by atoms with Crippen molar-refractivity contribution in [1.29, 1.82) is 0 Å². The standard InChI is InChI=1S/C16H20N2O3/c1-11-6-5-9-17(10-11)15(19)12(2)18-13-7-3-4-8-14(13)21-16(18)20/h3-4,7-8,11-12H,5-6,9-10H2,1-2H3/t11-,12+/m1/s1. The van der Waals surface area contributed by atoms with E-state index in [1.165, 1.54) is 4.57 Å². The number of benzene rings is 1. The average molecular weight is 288 g/mol. The Morgan fingerprint density at radius 2 is 2.14 bits per heavy atom. The zero-order valence-corrected chi connectivity index (χ0v) is 12.4. The van der Waals surface area contributed by atoms with E-state index in [4.69, 9.17) is 4.42 Å². The van der Waals surface area contributed by atoms with Crippen LogP contribution < -0.4 is 5.76 Å². The van der Waals surface area contributed by atoms with Crippen molar-refractivity contribution in [3.05, 3.63) is 34.8 Å². The van der Waals surface area contributed by atoms with Crippen LogP contribution in [-0.4, -0.2) is 28.5 Å². The number of aromatic nitrogens is 1. The Kier molecular flexibility index (Phi) is 3.57. The van der Waals surface area contributed by atoms with Crippen LogP contribution in [0, 0.1) is 5.92 Å². The van der Waals surface area contributed by atoms with Gasteiger partial charge < -0.3 is 9.32 Å². The number of hydrogen-bond donors (Lipinski definition) is 0. The van der Waals surface area contributed by atoms with Gasteiger partial charge in [-0.3, -0.25) is 9.36 Å². The fraction of sp³-hybridized carbons (Fsp3) is 0.500. The molecule has 1 aliphatic heterocycles. The van der Waals surface area contributed by atoms with Crippen LogP contribution in [0.25, 0.3) is 11.1 Å². The first-order chi connectivity index (χ1) is 10.1. The van der Waals surface area contributed by atoms with Crippen molar-refractivity contribution in [2.45, 2.75) is 32.7 Å². The molecule has 0 N–H and O–H groups in total. The molecule has 1 aromatic heterocycles. The van der Waals surface area contributed by atoms with Gasteiger partial charge in [-0.15, -0.1) is 0 Å². The second kappa shape index (κ2) is 5.39. The molecule has 3 rings (SSSR count). The minimum Gasteiger partial charge on any atom is -0.408 e. The number of para-hydroxylation sites is 2. The van der Waals surface area contributed by atoms with Crippen LogP contribution in [-0.2, 0) is 4.79 Å². The van der Waals surface area contributed by atoms with E-state index in [9.17, 15) is 9.59 Å². The summed E-state index contributed by atoms with van der Waals surface area (Å²) in [6.45, 7) is 5.47. The van der Waals surface area contributed by atoms with Crippen LogP contribution in [0.1, 0.15) is 32.7 Å². The van der Waals surface area contributed by atoms with Crippen LogP contribution in [0.2, 0.25) is 0 Å². The number of carbonyl (C=O) groups is 1. The topological polar surface area (TPSA) is 55.5 Å². The van der Waals surface area contributed by atoms with Gasteiger partial charge in [0.05, 0.1) is 5.52 Å². The van der Waals surface area contributed by atoms with Crippen molar-refractivity contribution in [3.63, 3.8) is 0 Å². The van der Waals surface area contributed by atoms with Gasteiger partial charge in [0.25, 0.3) is 0 Å². The fourth-order valence-corrected chi connectivity index (χ4v) is 3.12. The molecule has 1 saturated heterocycles. The molecule has 5 nitrogen and oxygen atoms in total. The molecule has 2 heterocycles. The van der Waals surface area contributed by atoms with E-state index in [2.05, 4.69) is 6.92 Å². The van der Waals surface area contributed by atoms with Gasteiger partial charge in [0.15, 0.2) is 5.58 Å². The van der Waals surface area contributed by atoms with Crippen molar-refractivity contribution in [1.82, 2.24) is 9.47 Å². The Balaban J connectivity index is 1.93. The number of fused-ring (bicyclic) bond motifs is 1. The van der Waals surface area contributed by atoms with Gasteiger partial charge in [-0.05, 0) is 37.8 Å². The lowest BCUT2D eigenvalue weighted by Gasteiger charge is -2.32. The van der Waals surface area contributed by atoms with E-state index in [1.54, 1.807) is 13.0 Å². The maximum Gasteiger partial charge on any atom is 0.420 e. The maximum absolute atomic E-state index is 12.7. The minimum absolute atomic E-state index is 0.00444. The summed E-state index contributed by atoms with van der Waals surface area (Å²) in [6, 6.07) is 6.67. The van der Waals surface area contributed by atoms with Crippen LogP contribution in [0.5, 0.6) is 0 Å². The Morgan fingerprint density at radius 3 is 2.90 bits per heavy atom. The molecule has 2 atom stereocenters. The molecule has 21 heavy (non-hydrogen) atoms. The SMILES string of the molecule is C[C@@H]1CCCN(C(=O)[C@H](C)n2c(=O)oc3ccccc32)C1. The van der Waals surface area contributed by atoms with Gasteiger partial charge in [-0.1, -0.05) is 19.1 Å². The summed E-state index contributed by atoms with van der Waals surface area (Å²) in [5.41, 5.74) is 1.20. The first-order valence-electron chi connectivity index (χ1n) is 7.47. The average Bonchev–Trinajstić information content (AvgIpc) is 2.81. The highest BCUT2D eigenvalue weighted by atomic mass is 16.4. The van der Waals surface area contributed by atoms with Crippen LogP contribution in [0.3, 0.4) is 0 Å². The molecule has 0 unspecified atom stereocenters. The molecule has 0 radical (unpaired) electrons. The van der Waals surface area contributed by atoms with E-state index in [1.807, 2.05) is 23.1 Å². The number of nitrogens with zero attached hydrogens (tertiary/aromatic N) is 2. The number of piperidine rings is 1. The Morgan fingerprint density at radius 1 is 1.38 bits per heavy atom. The number of likely N-dealkylation sites (tertiary alicyclic amines) is 1. The minimum atomic E-state index is -0.536. The van der Waals surface area contributed by atoms with E-state index >= 15 is 0 Å². The van der Waals surface area contributed by atoms with Gasteiger partial charge >= 0.3 is 5.76 Å². The summed E-state index contributed by atoms with van der Waals surface area (Å²) in [7, 11) is 0. The number of rotatable bonds is 2. The van der Waals surface area contributed by atoms with Crippen LogP contribution >= 0.6 is 0 Å². The first-order valence-corrected chi connectivity index (χ1v) is 7.47. The highest BCUT2D eigenvalue weighted by Crippen LogP contribution is 2.21. The fourth-order valence-electron chi connectivity index (χ4n) is 3.12. The Labute approximate surface area is 123 Å². The molecular weight excluding hydrogens is 268 g/mol. The Hall–Kier alpha value is -2.04. The largest absolute Gasteiger partial charge is 0.420 e. The second-order valence-electron chi connectivity index (χ2n) is 5.91. The van der Waals surface area contributed by atoms with Gasteiger partial charge in [0.2, 0.25) is 5.91 Å². The molecule has 0 spiro atoms. The summed E-state index contributed by atoms with van der Waals surface area (Å²) in [4.78, 5) is 26.6. The Bertz CT molecular complexity index is 716. The van der Waals surface area contributed by atoms with Crippen molar-refractivity contribution in [2.75, 3.05) is 13.1 Å². The monoisotopic (exact) mass is 288 g/mol. The molecule has 2 aromatic rings. The summed E-state index contributed by atoms with van der Waals surface area (Å²) in [5.74, 6) is 0.0463. The maximum atomic E-state index is 12.7. The summed E-state index contributed by atoms with van der Waals surface area (Å²) < 4.78 is 6.67. The van der Waals surface area contributed by atoms with Crippen LogP contribution in [0.4, 0.5) is 0 Å². The van der Waals surface area contributed by atoms with Crippen molar-refractivity contribution in [3.8, 4) is 0 Å². The third-order valence-corrected chi connectivity index (χ3v) is 4.23. The zero-order chi connectivity index (χ0) is 15.0. The van der Waals surface area contributed by atoms with Gasteiger partial charge in [-0.2, -0.15) is 0 Å². The smallest absolute Gasteiger partial charge is 0.408 e. The highest BCUT2D eigenvalue weighted by molar-refractivity contribution is 5.83. The second-order valence-corrected chi connectivity index (χ2v) is 5.91. The van der Waals surface area contributed by atoms with Crippen molar-refractivity contribution >= 4 is 17.0 Å². The van der Waals surface area contributed by atoms with E-state index in [-0.39, 0.29) is 5.91 Å². The number of amides is 1. The molecule has 1 fully saturated rings. The lowest BCUT2D eigenvalue weighted by Crippen LogP contribution is -2.43. The molecule has 1 aliphatic rings. The van der Waals surface area contributed by atoms with Gasteiger partial charge in [-0.25, -0.2) is 4.79 Å². The molecular formula is C16H20N2O3. The van der Waals surface area contributed by atoms with Crippen LogP contribution in [0.15, 0.2) is 33.5 Å². The molecule has 1 aromatic carbocycles. The highest BCUT2D eigenvalue weighted by Gasteiger charge is 2.28. The molecule has 5 heteroatoms. The first kappa shape index (κ1) is 13.9. The quantitative estimate of drug-likeness (QED) is 0.852. The predicted molar refractivity (Wildman–Crippen MR) is 80.2 cm³/mol.